The molecule has 1 N–H and O–H groups in total. The summed E-state index contributed by atoms with van der Waals surface area (Å²) >= 11 is 0. The molecule has 3 rings (SSSR count). The summed E-state index contributed by atoms with van der Waals surface area (Å²) in [5, 5.41) is 3.20. The van der Waals surface area contributed by atoms with E-state index < -0.39 is 7.12 Å². The highest BCUT2D eigenvalue weighted by molar-refractivity contribution is 6.64. The van der Waals surface area contributed by atoms with E-state index in [9.17, 15) is 0 Å². The zero-order valence-electron chi connectivity index (χ0n) is 13.4. The summed E-state index contributed by atoms with van der Waals surface area (Å²) in [4.78, 5) is 4.29. The highest BCUT2D eigenvalue weighted by Crippen LogP contribution is 2.38. The first kappa shape index (κ1) is 14.7. The minimum atomic E-state index is -0.437. The van der Waals surface area contributed by atoms with E-state index >= 15 is 0 Å². The Kier molecular flexibility index (Phi) is 3.41. The molecule has 1 aromatic heterocycles. The van der Waals surface area contributed by atoms with E-state index in [0.717, 1.165) is 29.7 Å². The summed E-state index contributed by atoms with van der Waals surface area (Å²) in [5.41, 5.74) is 1.05. The van der Waals surface area contributed by atoms with Crippen LogP contribution < -0.4 is 15.5 Å². The second-order valence-electron chi connectivity index (χ2n) is 6.76. The molecule has 0 amide bonds. The second kappa shape index (κ2) is 4.88. The summed E-state index contributed by atoms with van der Waals surface area (Å²) in [5.74, 6) is 0.771. The van der Waals surface area contributed by atoms with E-state index in [4.69, 9.17) is 14.0 Å². The van der Waals surface area contributed by atoms with E-state index in [2.05, 4.69) is 10.3 Å². The van der Waals surface area contributed by atoms with Gasteiger partial charge in [-0.2, -0.15) is 0 Å². The number of aromatic nitrogens is 1. The normalized spacial score (nSPS) is 23.2. The fourth-order valence-electron chi connectivity index (χ4n) is 2.33. The van der Waals surface area contributed by atoms with Gasteiger partial charge < -0.3 is 19.4 Å². The molecule has 1 aliphatic carbocycles. The monoisotopic (exact) mass is 290 g/mol. The molecule has 1 aliphatic heterocycles. The first-order chi connectivity index (χ1) is 9.84. The molecule has 0 spiro atoms. The minimum absolute atomic E-state index is 0.326. The lowest BCUT2D eigenvalue weighted by Crippen LogP contribution is -2.41. The van der Waals surface area contributed by atoms with Crippen LogP contribution in [0.3, 0.4) is 0 Å². The molecule has 6 heteroatoms. The maximum Gasteiger partial charge on any atom is 0.498 e. The van der Waals surface area contributed by atoms with Crippen LogP contribution in [0.5, 0.6) is 5.75 Å². The SMILES string of the molecule is CNc1c(OC2CC2)cncc1B1OC(C)(C)C(C)(C)O1. The van der Waals surface area contributed by atoms with Crippen LogP contribution in [-0.2, 0) is 9.31 Å². The maximum absolute atomic E-state index is 6.11. The van der Waals surface area contributed by atoms with E-state index in [1.165, 1.54) is 0 Å². The third-order valence-corrected chi connectivity index (χ3v) is 4.52. The molecular weight excluding hydrogens is 267 g/mol. The van der Waals surface area contributed by atoms with Gasteiger partial charge in [0.25, 0.3) is 0 Å². The summed E-state index contributed by atoms with van der Waals surface area (Å²) in [7, 11) is 1.44. The molecular formula is C15H23BN2O3. The number of hydrogen-bond acceptors (Lipinski definition) is 5. The third kappa shape index (κ3) is 2.62. The average Bonchev–Trinajstić information content (AvgIpc) is 3.17. The molecule has 1 saturated heterocycles. The molecule has 5 nitrogen and oxygen atoms in total. The standard InChI is InChI=1S/C15H23BN2O3/c1-14(2)15(3,4)21-16(20-14)11-8-18-9-12(13(11)17-5)19-10-6-7-10/h8-10H,6-7H2,1-5H3,(H,17,18). The van der Waals surface area contributed by atoms with Crippen molar-refractivity contribution in [3.63, 3.8) is 0 Å². The van der Waals surface area contributed by atoms with Crippen molar-refractivity contribution in [2.24, 2.45) is 0 Å². The van der Waals surface area contributed by atoms with Crippen molar-refractivity contribution in [1.82, 2.24) is 4.98 Å². The first-order valence-corrected chi connectivity index (χ1v) is 7.52. The van der Waals surface area contributed by atoms with Crippen molar-refractivity contribution in [3.8, 4) is 5.75 Å². The lowest BCUT2D eigenvalue weighted by Gasteiger charge is -2.32. The Morgan fingerprint density at radius 3 is 2.33 bits per heavy atom. The number of nitrogens with one attached hydrogen (secondary N) is 1. The van der Waals surface area contributed by atoms with Crippen LogP contribution in [0.4, 0.5) is 5.69 Å². The third-order valence-electron chi connectivity index (χ3n) is 4.52. The van der Waals surface area contributed by atoms with Gasteiger partial charge in [-0.15, -0.1) is 0 Å². The van der Waals surface area contributed by atoms with Gasteiger partial charge in [-0.05, 0) is 40.5 Å². The smallest absolute Gasteiger partial charge is 0.487 e. The van der Waals surface area contributed by atoms with Crippen molar-refractivity contribution in [2.75, 3.05) is 12.4 Å². The van der Waals surface area contributed by atoms with Crippen LogP contribution >= 0.6 is 0 Å². The molecule has 1 aromatic rings. The van der Waals surface area contributed by atoms with Crippen LogP contribution in [0.2, 0.25) is 0 Å². The Morgan fingerprint density at radius 2 is 1.81 bits per heavy atom. The van der Waals surface area contributed by atoms with Gasteiger partial charge in [-0.3, -0.25) is 4.98 Å². The first-order valence-electron chi connectivity index (χ1n) is 7.52. The van der Waals surface area contributed by atoms with E-state index in [1.807, 2.05) is 34.7 Å². The number of rotatable bonds is 4. The number of pyridine rings is 1. The van der Waals surface area contributed by atoms with Crippen LogP contribution in [0.15, 0.2) is 12.4 Å². The van der Waals surface area contributed by atoms with Gasteiger partial charge in [-0.25, -0.2) is 0 Å². The van der Waals surface area contributed by atoms with Crippen molar-refractivity contribution in [3.05, 3.63) is 12.4 Å². The Bertz CT molecular complexity index is 528. The topological polar surface area (TPSA) is 52.6 Å². The van der Waals surface area contributed by atoms with E-state index in [-0.39, 0.29) is 11.2 Å². The number of nitrogens with zero attached hydrogens (tertiary/aromatic N) is 1. The van der Waals surface area contributed by atoms with Gasteiger partial charge in [0, 0.05) is 18.7 Å². The molecule has 0 radical (unpaired) electrons. The van der Waals surface area contributed by atoms with Crippen LogP contribution in [-0.4, -0.2) is 36.5 Å². The van der Waals surface area contributed by atoms with Crippen molar-refractivity contribution in [2.45, 2.75) is 57.8 Å². The number of hydrogen-bond donors (Lipinski definition) is 1. The fraction of sp³-hybridized carbons (Fsp3) is 0.667. The summed E-state index contributed by atoms with van der Waals surface area (Å²) in [6.07, 6.45) is 6.09. The zero-order valence-corrected chi connectivity index (χ0v) is 13.4. The van der Waals surface area contributed by atoms with Gasteiger partial charge in [-0.1, -0.05) is 0 Å². The van der Waals surface area contributed by atoms with Gasteiger partial charge >= 0.3 is 7.12 Å². The van der Waals surface area contributed by atoms with Gasteiger partial charge in [0.05, 0.1) is 29.2 Å². The average molecular weight is 290 g/mol. The van der Waals surface area contributed by atoms with E-state index in [1.54, 1.807) is 12.4 Å². The van der Waals surface area contributed by atoms with Crippen LogP contribution in [0, 0.1) is 0 Å². The second-order valence-corrected chi connectivity index (χ2v) is 6.76. The van der Waals surface area contributed by atoms with Gasteiger partial charge in [0.2, 0.25) is 0 Å². The molecule has 2 heterocycles. The zero-order chi connectivity index (χ0) is 15.3. The Balaban J connectivity index is 1.91. The molecule has 0 bridgehead atoms. The predicted octanol–water partition coefficient (Wildman–Crippen LogP) is 1.96. The Morgan fingerprint density at radius 1 is 1.19 bits per heavy atom. The fourth-order valence-corrected chi connectivity index (χ4v) is 2.33. The number of ether oxygens (including phenoxy) is 1. The molecule has 0 unspecified atom stereocenters. The minimum Gasteiger partial charge on any atom is -0.487 e. The highest BCUT2D eigenvalue weighted by atomic mass is 16.7. The quantitative estimate of drug-likeness (QED) is 0.859. The molecule has 0 aromatic carbocycles. The predicted molar refractivity (Wildman–Crippen MR) is 83.1 cm³/mol. The largest absolute Gasteiger partial charge is 0.498 e. The molecule has 2 fully saturated rings. The molecule has 2 aliphatic rings. The Labute approximate surface area is 126 Å². The lowest BCUT2D eigenvalue weighted by atomic mass is 9.79. The van der Waals surface area contributed by atoms with Crippen molar-refractivity contribution in [1.29, 1.82) is 0 Å². The maximum atomic E-state index is 6.11. The Hall–Kier alpha value is -1.27. The molecule has 1 saturated carbocycles. The molecule has 0 atom stereocenters. The van der Waals surface area contributed by atoms with Crippen molar-refractivity contribution < 1.29 is 14.0 Å². The summed E-state index contributed by atoms with van der Waals surface area (Å²) in [6.45, 7) is 8.18. The van der Waals surface area contributed by atoms with Crippen molar-refractivity contribution >= 4 is 18.3 Å². The number of anilines is 1. The van der Waals surface area contributed by atoms with E-state index in [0.29, 0.717) is 6.10 Å². The summed E-state index contributed by atoms with van der Waals surface area (Å²) in [6, 6.07) is 0. The van der Waals surface area contributed by atoms with Crippen LogP contribution in [0.1, 0.15) is 40.5 Å². The van der Waals surface area contributed by atoms with Crippen LogP contribution in [0.25, 0.3) is 0 Å². The highest BCUT2D eigenvalue weighted by Gasteiger charge is 2.52. The lowest BCUT2D eigenvalue weighted by molar-refractivity contribution is 0.00578. The van der Waals surface area contributed by atoms with Gasteiger partial charge in [0.1, 0.15) is 0 Å². The molecule has 21 heavy (non-hydrogen) atoms. The molecule has 114 valence electrons. The van der Waals surface area contributed by atoms with Gasteiger partial charge in [0.15, 0.2) is 5.75 Å². The summed E-state index contributed by atoms with van der Waals surface area (Å²) < 4.78 is 18.1.